The van der Waals surface area contributed by atoms with Gasteiger partial charge in [-0.25, -0.2) is 8.42 Å². The van der Waals surface area contributed by atoms with Crippen molar-refractivity contribution in [3.63, 3.8) is 0 Å². The summed E-state index contributed by atoms with van der Waals surface area (Å²) >= 11 is 0. The van der Waals surface area contributed by atoms with Gasteiger partial charge in [-0.05, 0) is 31.5 Å². The minimum Gasteiger partial charge on any atom is -0.398 e. The van der Waals surface area contributed by atoms with Gasteiger partial charge in [0.05, 0.1) is 22.9 Å². The molecule has 0 fully saturated rings. The summed E-state index contributed by atoms with van der Waals surface area (Å²) in [6.07, 6.45) is 0. The highest BCUT2D eigenvalue weighted by Gasteiger charge is 2.17. The fraction of sp³-hybridized carbons (Fsp3) is 0.455. The highest BCUT2D eigenvalue weighted by Crippen LogP contribution is 2.20. The topological polar surface area (TPSA) is 69.4 Å². The van der Waals surface area contributed by atoms with Gasteiger partial charge >= 0.3 is 0 Å². The molecule has 1 aromatic carbocycles. The third-order valence-corrected chi connectivity index (χ3v) is 3.95. The summed E-state index contributed by atoms with van der Waals surface area (Å²) in [5.41, 5.74) is 6.94. The van der Waals surface area contributed by atoms with Crippen LogP contribution in [0.2, 0.25) is 0 Å². The maximum atomic E-state index is 11.9. The van der Waals surface area contributed by atoms with E-state index in [1.165, 1.54) is 0 Å². The van der Waals surface area contributed by atoms with Gasteiger partial charge in [-0.15, -0.1) is 0 Å². The van der Waals surface area contributed by atoms with Gasteiger partial charge in [-0.1, -0.05) is 6.07 Å². The minimum absolute atomic E-state index is 0.0336. The van der Waals surface area contributed by atoms with E-state index in [1.54, 1.807) is 18.2 Å². The van der Waals surface area contributed by atoms with Crippen LogP contribution in [0.4, 0.5) is 5.69 Å². The van der Waals surface area contributed by atoms with Crippen molar-refractivity contribution in [1.82, 2.24) is 0 Å². The quantitative estimate of drug-likeness (QED) is 0.626. The van der Waals surface area contributed by atoms with Crippen LogP contribution in [0.5, 0.6) is 0 Å². The molecule has 0 aliphatic heterocycles. The SMILES string of the molecule is CCOCCS(=O)(=O)c1ccc(C)cc1N. The van der Waals surface area contributed by atoms with E-state index in [4.69, 9.17) is 10.5 Å². The van der Waals surface area contributed by atoms with Crippen LogP contribution in [0.25, 0.3) is 0 Å². The Morgan fingerprint density at radius 2 is 2.06 bits per heavy atom. The number of benzene rings is 1. The van der Waals surface area contributed by atoms with Crippen LogP contribution >= 0.6 is 0 Å². The molecule has 16 heavy (non-hydrogen) atoms. The Morgan fingerprint density at radius 1 is 1.38 bits per heavy atom. The highest BCUT2D eigenvalue weighted by molar-refractivity contribution is 7.91. The molecule has 1 rings (SSSR count). The number of hydrogen-bond acceptors (Lipinski definition) is 4. The molecule has 0 heterocycles. The van der Waals surface area contributed by atoms with Crippen LogP contribution < -0.4 is 5.73 Å². The zero-order chi connectivity index (χ0) is 12.2. The first kappa shape index (κ1) is 13.0. The number of hydrogen-bond donors (Lipinski definition) is 1. The number of ether oxygens (including phenoxy) is 1. The number of aryl methyl sites for hydroxylation is 1. The average Bonchev–Trinajstić information content (AvgIpc) is 2.17. The van der Waals surface area contributed by atoms with Crippen LogP contribution in [-0.4, -0.2) is 27.4 Å². The third-order valence-electron chi connectivity index (χ3n) is 2.20. The summed E-state index contributed by atoms with van der Waals surface area (Å²) in [6.45, 7) is 4.41. The lowest BCUT2D eigenvalue weighted by atomic mass is 10.2. The predicted molar refractivity (Wildman–Crippen MR) is 64.1 cm³/mol. The average molecular weight is 243 g/mol. The molecule has 1 aromatic rings. The molecule has 0 aromatic heterocycles. The van der Waals surface area contributed by atoms with Crippen molar-refractivity contribution in [2.24, 2.45) is 0 Å². The summed E-state index contributed by atoms with van der Waals surface area (Å²) in [5, 5.41) is 0. The second-order valence-corrected chi connectivity index (χ2v) is 5.63. The second-order valence-electron chi connectivity index (χ2n) is 3.56. The molecule has 0 saturated heterocycles. The fourth-order valence-electron chi connectivity index (χ4n) is 1.37. The molecule has 0 atom stereocenters. The smallest absolute Gasteiger partial charge is 0.182 e. The van der Waals surface area contributed by atoms with Crippen molar-refractivity contribution in [1.29, 1.82) is 0 Å². The molecule has 0 amide bonds. The lowest BCUT2D eigenvalue weighted by Gasteiger charge is -2.08. The van der Waals surface area contributed by atoms with Crippen molar-refractivity contribution in [3.8, 4) is 0 Å². The normalized spacial score (nSPS) is 11.6. The van der Waals surface area contributed by atoms with Crippen LogP contribution in [0, 0.1) is 6.92 Å². The molecule has 0 saturated carbocycles. The fourth-order valence-corrected chi connectivity index (χ4v) is 2.62. The lowest BCUT2D eigenvalue weighted by molar-refractivity contribution is 0.163. The van der Waals surface area contributed by atoms with E-state index in [-0.39, 0.29) is 17.3 Å². The molecule has 0 aliphatic rings. The first-order chi connectivity index (χ1) is 7.47. The van der Waals surface area contributed by atoms with Gasteiger partial charge in [0.2, 0.25) is 0 Å². The lowest BCUT2D eigenvalue weighted by Crippen LogP contribution is -2.14. The molecule has 5 heteroatoms. The second kappa shape index (κ2) is 5.32. The van der Waals surface area contributed by atoms with Gasteiger partial charge in [0.1, 0.15) is 0 Å². The number of rotatable bonds is 5. The predicted octanol–water partition coefficient (Wildman–Crippen LogP) is 1.39. The number of nitrogens with two attached hydrogens (primary N) is 1. The van der Waals surface area contributed by atoms with E-state index < -0.39 is 9.84 Å². The van der Waals surface area contributed by atoms with Gasteiger partial charge < -0.3 is 10.5 Å². The van der Waals surface area contributed by atoms with E-state index in [1.807, 2.05) is 13.8 Å². The van der Waals surface area contributed by atoms with E-state index in [0.717, 1.165) is 5.56 Å². The number of sulfone groups is 1. The van der Waals surface area contributed by atoms with Crippen LogP contribution in [0.1, 0.15) is 12.5 Å². The van der Waals surface area contributed by atoms with Gasteiger partial charge in [-0.2, -0.15) is 0 Å². The Morgan fingerprint density at radius 3 is 2.62 bits per heavy atom. The molecule has 0 aliphatic carbocycles. The van der Waals surface area contributed by atoms with Crippen molar-refractivity contribution in [2.75, 3.05) is 24.7 Å². The summed E-state index contributed by atoms with van der Waals surface area (Å²) in [5.74, 6) is -0.0336. The summed E-state index contributed by atoms with van der Waals surface area (Å²) < 4.78 is 28.8. The Hall–Kier alpha value is -1.07. The minimum atomic E-state index is -3.33. The first-order valence-corrected chi connectivity index (χ1v) is 6.79. The summed E-state index contributed by atoms with van der Waals surface area (Å²) in [6, 6.07) is 4.95. The van der Waals surface area contributed by atoms with E-state index in [2.05, 4.69) is 0 Å². The van der Waals surface area contributed by atoms with E-state index in [9.17, 15) is 8.42 Å². The largest absolute Gasteiger partial charge is 0.398 e. The van der Waals surface area contributed by atoms with Crippen molar-refractivity contribution < 1.29 is 13.2 Å². The van der Waals surface area contributed by atoms with Gasteiger partial charge in [-0.3, -0.25) is 0 Å². The Kier molecular flexibility index (Phi) is 4.32. The van der Waals surface area contributed by atoms with Crippen molar-refractivity contribution in [3.05, 3.63) is 23.8 Å². The molecule has 0 bridgehead atoms. The first-order valence-electron chi connectivity index (χ1n) is 5.14. The van der Waals surface area contributed by atoms with Crippen LogP contribution in [0.3, 0.4) is 0 Å². The van der Waals surface area contributed by atoms with Gasteiger partial charge in [0, 0.05) is 6.61 Å². The van der Waals surface area contributed by atoms with Crippen LogP contribution in [-0.2, 0) is 14.6 Å². The summed E-state index contributed by atoms with van der Waals surface area (Å²) in [4.78, 5) is 0.192. The van der Waals surface area contributed by atoms with Crippen molar-refractivity contribution >= 4 is 15.5 Å². The van der Waals surface area contributed by atoms with E-state index in [0.29, 0.717) is 12.3 Å². The van der Waals surface area contributed by atoms with E-state index >= 15 is 0 Å². The monoisotopic (exact) mass is 243 g/mol. The Bertz CT molecular complexity index is 454. The maximum absolute atomic E-state index is 11.9. The number of anilines is 1. The molecule has 0 radical (unpaired) electrons. The highest BCUT2D eigenvalue weighted by atomic mass is 32.2. The zero-order valence-corrected chi connectivity index (χ0v) is 10.4. The zero-order valence-electron chi connectivity index (χ0n) is 9.56. The molecule has 90 valence electrons. The molecular formula is C11H17NO3S. The molecule has 4 nitrogen and oxygen atoms in total. The number of nitrogen functional groups attached to an aromatic ring is 1. The maximum Gasteiger partial charge on any atom is 0.182 e. The summed E-state index contributed by atoms with van der Waals surface area (Å²) in [7, 11) is -3.33. The van der Waals surface area contributed by atoms with Crippen molar-refractivity contribution in [2.45, 2.75) is 18.7 Å². The van der Waals surface area contributed by atoms with Crippen LogP contribution in [0.15, 0.2) is 23.1 Å². The molecule has 0 unspecified atom stereocenters. The third kappa shape index (κ3) is 3.21. The standard InChI is InChI=1S/C11H17NO3S/c1-3-15-6-7-16(13,14)11-5-4-9(2)8-10(11)12/h4-5,8H,3,6-7,12H2,1-2H3. The molecule has 2 N–H and O–H groups in total. The molecular weight excluding hydrogens is 226 g/mol. The van der Waals surface area contributed by atoms with Gasteiger partial charge in [0.15, 0.2) is 9.84 Å². The van der Waals surface area contributed by atoms with Gasteiger partial charge in [0.25, 0.3) is 0 Å². The molecule has 0 spiro atoms. The Labute approximate surface area is 96.3 Å². The Balaban J connectivity index is 2.90.